The lowest BCUT2D eigenvalue weighted by atomic mass is 10.0. The molecule has 8 heteroatoms. The molecule has 122 valence electrons. The van der Waals surface area contributed by atoms with Gasteiger partial charge in [0, 0.05) is 18.2 Å². The van der Waals surface area contributed by atoms with E-state index in [0.29, 0.717) is 5.92 Å². The standard InChI is InChI=1S/C14H18F3N3O2/c1-13(2)7-20(6-11(22-13)14(15,16)17)12(21)10-5-9(18-19-10)8-3-4-8/h5,8,11H,3-4,6-7H2,1-2H3,(H,18,19). The number of nitrogens with zero attached hydrogens (tertiary/aromatic N) is 2. The summed E-state index contributed by atoms with van der Waals surface area (Å²) in [6.45, 7) is 2.69. The molecular weight excluding hydrogens is 299 g/mol. The summed E-state index contributed by atoms with van der Waals surface area (Å²) in [7, 11) is 0. The van der Waals surface area contributed by atoms with Crippen molar-refractivity contribution in [2.45, 2.75) is 50.5 Å². The van der Waals surface area contributed by atoms with Crippen LogP contribution in [0, 0.1) is 0 Å². The molecule has 22 heavy (non-hydrogen) atoms. The van der Waals surface area contributed by atoms with E-state index >= 15 is 0 Å². The van der Waals surface area contributed by atoms with Crippen molar-refractivity contribution in [2.24, 2.45) is 0 Å². The van der Waals surface area contributed by atoms with Crippen LogP contribution in [-0.2, 0) is 4.74 Å². The third kappa shape index (κ3) is 3.11. The van der Waals surface area contributed by atoms with E-state index < -0.39 is 30.3 Å². The number of H-pyrrole nitrogens is 1. The van der Waals surface area contributed by atoms with E-state index in [1.54, 1.807) is 19.9 Å². The van der Waals surface area contributed by atoms with Crippen molar-refractivity contribution >= 4 is 5.91 Å². The summed E-state index contributed by atoms with van der Waals surface area (Å²) in [4.78, 5) is 13.6. The van der Waals surface area contributed by atoms with E-state index in [0.717, 1.165) is 18.5 Å². The van der Waals surface area contributed by atoms with Crippen LogP contribution in [0.4, 0.5) is 13.2 Å². The first-order valence-electron chi connectivity index (χ1n) is 7.25. The lowest BCUT2D eigenvalue weighted by Gasteiger charge is -2.42. The molecule has 2 fully saturated rings. The number of amides is 1. The summed E-state index contributed by atoms with van der Waals surface area (Å²) in [6, 6.07) is 1.64. The van der Waals surface area contributed by atoms with Gasteiger partial charge in [-0.2, -0.15) is 18.3 Å². The smallest absolute Gasteiger partial charge is 0.359 e. The van der Waals surface area contributed by atoms with Crippen LogP contribution in [0.25, 0.3) is 0 Å². The number of rotatable bonds is 2. The van der Waals surface area contributed by atoms with Crippen LogP contribution in [-0.4, -0.2) is 52.0 Å². The van der Waals surface area contributed by atoms with Gasteiger partial charge in [0.05, 0.1) is 12.1 Å². The molecule has 1 unspecified atom stereocenters. The normalized spacial score (nSPS) is 25.3. The second kappa shape index (κ2) is 4.97. The van der Waals surface area contributed by atoms with Gasteiger partial charge in [0.2, 0.25) is 0 Å². The fourth-order valence-electron chi connectivity index (χ4n) is 2.72. The first kappa shape index (κ1) is 15.3. The zero-order chi connectivity index (χ0) is 16.1. The van der Waals surface area contributed by atoms with Gasteiger partial charge in [-0.25, -0.2) is 0 Å². The largest absolute Gasteiger partial charge is 0.416 e. The van der Waals surface area contributed by atoms with Crippen molar-refractivity contribution in [1.29, 1.82) is 0 Å². The van der Waals surface area contributed by atoms with Gasteiger partial charge < -0.3 is 9.64 Å². The Labute approximate surface area is 125 Å². The van der Waals surface area contributed by atoms with Gasteiger partial charge >= 0.3 is 6.18 Å². The van der Waals surface area contributed by atoms with Crippen LogP contribution in [0.15, 0.2) is 6.07 Å². The van der Waals surface area contributed by atoms with Gasteiger partial charge in [-0.3, -0.25) is 9.89 Å². The van der Waals surface area contributed by atoms with Crippen molar-refractivity contribution in [3.63, 3.8) is 0 Å². The number of hydrogen-bond acceptors (Lipinski definition) is 3. The summed E-state index contributed by atoms with van der Waals surface area (Å²) in [5.74, 6) is -0.0909. The molecular formula is C14H18F3N3O2. The van der Waals surface area contributed by atoms with Crippen LogP contribution in [0.1, 0.15) is 48.8 Å². The third-order valence-corrected chi connectivity index (χ3v) is 3.91. The number of hydrogen-bond donors (Lipinski definition) is 1. The highest BCUT2D eigenvalue weighted by Gasteiger charge is 2.49. The molecule has 1 saturated heterocycles. The molecule has 0 bridgehead atoms. The number of aromatic amines is 1. The zero-order valence-electron chi connectivity index (χ0n) is 12.4. The molecule has 0 aromatic carbocycles. The van der Waals surface area contributed by atoms with Gasteiger partial charge in [-0.05, 0) is 32.8 Å². The summed E-state index contributed by atoms with van der Waals surface area (Å²) in [5, 5.41) is 6.75. The SMILES string of the molecule is CC1(C)CN(C(=O)c2cc(C3CC3)[nH]n2)CC(C(F)(F)F)O1. The number of morpholine rings is 1. The van der Waals surface area contributed by atoms with E-state index in [1.165, 1.54) is 4.90 Å². The molecule has 1 aliphatic carbocycles. The lowest BCUT2D eigenvalue weighted by molar-refractivity contribution is -0.267. The quantitative estimate of drug-likeness (QED) is 0.911. The highest BCUT2D eigenvalue weighted by Crippen LogP contribution is 2.39. The van der Waals surface area contributed by atoms with Gasteiger partial charge in [-0.1, -0.05) is 0 Å². The fraction of sp³-hybridized carbons (Fsp3) is 0.714. The lowest BCUT2D eigenvalue weighted by Crippen LogP contribution is -2.58. The van der Waals surface area contributed by atoms with E-state index in [1.807, 2.05) is 0 Å². The molecule has 5 nitrogen and oxygen atoms in total. The van der Waals surface area contributed by atoms with Crippen LogP contribution in [0.2, 0.25) is 0 Å². The molecule has 1 N–H and O–H groups in total. The second-order valence-corrected chi connectivity index (χ2v) is 6.58. The minimum absolute atomic E-state index is 0.101. The molecule has 2 heterocycles. The predicted octanol–water partition coefficient (Wildman–Crippen LogP) is 2.47. The van der Waals surface area contributed by atoms with Crippen molar-refractivity contribution in [1.82, 2.24) is 15.1 Å². The Kier molecular flexibility index (Phi) is 3.47. The maximum Gasteiger partial charge on any atom is 0.416 e. The summed E-state index contributed by atoms with van der Waals surface area (Å²) in [5.41, 5.74) is -0.00671. The first-order valence-corrected chi connectivity index (χ1v) is 7.25. The molecule has 0 spiro atoms. The third-order valence-electron chi connectivity index (χ3n) is 3.91. The number of carbonyl (C=O) groups is 1. The average Bonchev–Trinajstić information content (AvgIpc) is 3.13. The molecule has 1 aromatic rings. The van der Waals surface area contributed by atoms with Crippen LogP contribution < -0.4 is 0 Å². The van der Waals surface area contributed by atoms with Crippen LogP contribution in [0.3, 0.4) is 0 Å². The molecule has 1 atom stereocenters. The number of aromatic nitrogens is 2. The van der Waals surface area contributed by atoms with E-state index in [2.05, 4.69) is 10.2 Å². The van der Waals surface area contributed by atoms with Gasteiger partial charge in [0.15, 0.2) is 6.10 Å². The predicted molar refractivity (Wildman–Crippen MR) is 71.5 cm³/mol. The Morgan fingerprint density at radius 1 is 1.45 bits per heavy atom. The van der Waals surface area contributed by atoms with E-state index in [-0.39, 0.29) is 12.2 Å². The Hall–Kier alpha value is -1.57. The maximum atomic E-state index is 13.0. The molecule has 1 amide bonds. The van der Waals surface area contributed by atoms with Crippen molar-refractivity contribution in [3.05, 3.63) is 17.5 Å². The van der Waals surface area contributed by atoms with E-state index in [9.17, 15) is 18.0 Å². The van der Waals surface area contributed by atoms with Gasteiger partial charge in [0.1, 0.15) is 5.69 Å². The molecule has 1 aliphatic heterocycles. The van der Waals surface area contributed by atoms with Crippen molar-refractivity contribution in [2.75, 3.05) is 13.1 Å². The van der Waals surface area contributed by atoms with Crippen LogP contribution >= 0.6 is 0 Å². The number of alkyl halides is 3. The second-order valence-electron chi connectivity index (χ2n) is 6.58. The van der Waals surface area contributed by atoms with E-state index in [4.69, 9.17) is 4.74 Å². The number of ether oxygens (including phenoxy) is 1. The molecule has 0 radical (unpaired) electrons. The number of halogens is 3. The summed E-state index contributed by atoms with van der Waals surface area (Å²) >= 11 is 0. The Morgan fingerprint density at radius 2 is 2.14 bits per heavy atom. The molecule has 1 saturated carbocycles. The maximum absolute atomic E-state index is 13.0. The average molecular weight is 317 g/mol. The Bertz CT molecular complexity index is 578. The topological polar surface area (TPSA) is 58.2 Å². The first-order chi connectivity index (χ1) is 10.2. The summed E-state index contributed by atoms with van der Waals surface area (Å²) in [6.07, 6.45) is -4.37. The monoisotopic (exact) mass is 317 g/mol. The Balaban J connectivity index is 1.77. The molecule has 1 aromatic heterocycles. The zero-order valence-corrected chi connectivity index (χ0v) is 12.4. The van der Waals surface area contributed by atoms with Gasteiger partial charge in [0.25, 0.3) is 5.91 Å². The van der Waals surface area contributed by atoms with Crippen LogP contribution in [0.5, 0.6) is 0 Å². The number of nitrogens with one attached hydrogen (secondary N) is 1. The summed E-state index contributed by atoms with van der Waals surface area (Å²) < 4.78 is 43.9. The Morgan fingerprint density at radius 3 is 2.73 bits per heavy atom. The highest BCUT2D eigenvalue weighted by atomic mass is 19.4. The minimum Gasteiger partial charge on any atom is -0.359 e. The van der Waals surface area contributed by atoms with Gasteiger partial charge in [-0.15, -0.1) is 0 Å². The minimum atomic E-state index is -4.50. The highest BCUT2D eigenvalue weighted by molar-refractivity contribution is 5.92. The van der Waals surface area contributed by atoms with Crippen molar-refractivity contribution < 1.29 is 22.7 Å². The fourth-order valence-corrected chi connectivity index (χ4v) is 2.72. The van der Waals surface area contributed by atoms with Crippen molar-refractivity contribution in [3.8, 4) is 0 Å². The molecule has 2 aliphatic rings. The molecule has 3 rings (SSSR count). The number of carbonyl (C=O) groups excluding carboxylic acids is 1.